The predicted octanol–water partition coefficient (Wildman–Crippen LogP) is 2.51. The van der Waals surface area contributed by atoms with Crippen molar-refractivity contribution in [1.82, 2.24) is 15.5 Å². The lowest BCUT2D eigenvalue weighted by Crippen LogP contribution is -2.35. The van der Waals surface area contributed by atoms with Crippen molar-refractivity contribution in [1.29, 1.82) is 0 Å². The molecule has 1 aliphatic rings. The maximum absolute atomic E-state index is 12.0. The number of aryl methyl sites for hydroxylation is 2. The Morgan fingerprint density at radius 2 is 2.05 bits per heavy atom. The highest BCUT2D eigenvalue weighted by molar-refractivity contribution is 7.18. The van der Waals surface area contributed by atoms with Crippen LogP contribution < -0.4 is 10.6 Å². The molecule has 1 amide bonds. The van der Waals surface area contributed by atoms with E-state index >= 15 is 0 Å². The van der Waals surface area contributed by atoms with Gasteiger partial charge >= 0.3 is 0 Å². The summed E-state index contributed by atoms with van der Waals surface area (Å²) in [6.45, 7) is 5.03. The van der Waals surface area contributed by atoms with E-state index in [1.165, 1.54) is 22.5 Å². The monoisotopic (exact) mass is 302 g/mol. The van der Waals surface area contributed by atoms with E-state index in [9.17, 15) is 4.79 Å². The van der Waals surface area contributed by atoms with Crippen molar-refractivity contribution >= 4 is 22.4 Å². The Hall–Kier alpha value is -1.79. The standard InChI is InChI=1S/C15H18N4OS/c1-9-6-10(2)8-11(7-9)14-18-19-15(21-14)17-13(20)12-4-3-5-16-12/h6-8,12,16H,3-5H2,1-2H3,(H,17,19,20). The van der Waals surface area contributed by atoms with Crippen LogP contribution in [0.25, 0.3) is 10.6 Å². The Labute approximate surface area is 127 Å². The van der Waals surface area contributed by atoms with Crippen molar-refractivity contribution in [2.45, 2.75) is 32.7 Å². The summed E-state index contributed by atoms with van der Waals surface area (Å²) in [5.41, 5.74) is 3.44. The van der Waals surface area contributed by atoms with E-state index in [4.69, 9.17) is 0 Å². The van der Waals surface area contributed by atoms with Crippen molar-refractivity contribution in [2.75, 3.05) is 11.9 Å². The molecule has 0 radical (unpaired) electrons. The normalized spacial score (nSPS) is 17.9. The van der Waals surface area contributed by atoms with Gasteiger partial charge in [-0.2, -0.15) is 0 Å². The first kappa shape index (κ1) is 14.2. The summed E-state index contributed by atoms with van der Waals surface area (Å²) in [5.74, 6) is -0.0179. The van der Waals surface area contributed by atoms with Gasteiger partial charge < -0.3 is 5.32 Å². The van der Waals surface area contributed by atoms with E-state index < -0.39 is 0 Å². The highest BCUT2D eigenvalue weighted by Crippen LogP contribution is 2.28. The molecule has 2 heterocycles. The molecule has 1 aliphatic heterocycles. The van der Waals surface area contributed by atoms with Crippen molar-refractivity contribution in [3.05, 3.63) is 29.3 Å². The Balaban J connectivity index is 1.75. The second kappa shape index (κ2) is 5.91. The predicted molar refractivity (Wildman–Crippen MR) is 84.5 cm³/mol. The third-order valence-electron chi connectivity index (χ3n) is 3.50. The van der Waals surface area contributed by atoms with Gasteiger partial charge in [-0.15, -0.1) is 10.2 Å². The van der Waals surface area contributed by atoms with Gasteiger partial charge in [0.2, 0.25) is 11.0 Å². The van der Waals surface area contributed by atoms with Crippen molar-refractivity contribution in [3.63, 3.8) is 0 Å². The van der Waals surface area contributed by atoms with Crippen LogP contribution in [-0.4, -0.2) is 28.7 Å². The lowest BCUT2D eigenvalue weighted by Gasteiger charge is -2.07. The fraction of sp³-hybridized carbons (Fsp3) is 0.400. The average molecular weight is 302 g/mol. The van der Waals surface area contributed by atoms with Gasteiger partial charge in [-0.05, 0) is 45.4 Å². The summed E-state index contributed by atoms with van der Waals surface area (Å²) in [4.78, 5) is 12.0. The topological polar surface area (TPSA) is 66.9 Å². The zero-order valence-corrected chi connectivity index (χ0v) is 13.0. The third kappa shape index (κ3) is 3.28. The number of benzene rings is 1. The molecule has 1 atom stereocenters. The summed E-state index contributed by atoms with van der Waals surface area (Å²) in [5, 5.41) is 15.7. The molecule has 1 aromatic carbocycles. The van der Waals surface area contributed by atoms with Crippen LogP contribution in [0.4, 0.5) is 5.13 Å². The minimum absolute atomic E-state index is 0.0179. The molecule has 21 heavy (non-hydrogen) atoms. The molecular formula is C15H18N4OS. The number of hydrogen-bond acceptors (Lipinski definition) is 5. The minimum Gasteiger partial charge on any atom is -0.306 e. The summed E-state index contributed by atoms with van der Waals surface area (Å²) in [6.07, 6.45) is 1.93. The molecule has 1 fully saturated rings. The molecule has 0 bridgehead atoms. The maximum atomic E-state index is 12.0. The first-order chi connectivity index (χ1) is 10.1. The number of carbonyl (C=O) groups excluding carboxylic acids is 1. The summed E-state index contributed by atoms with van der Waals surface area (Å²) < 4.78 is 0. The molecule has 0 spiro atoms. The van der Waals surface area contributed by atoms with Gasteiger partial charge in [0, 0.05) is 5.56 Å². The molecule has 3 rings (SSSR count). The van der Waals surface area contributed by atoms with Gasteiger partial charge in [0.05, 0.1) is 6.04 Å². The molecule has 110 valence electrons. The molecular weight excluding hydrogens is 284 g/mol. The minimum atomic E-state index is -0.0986. The van der Waals surface area contributed by atoms with E-state index in [0.29, 0.717) is 5.13 Å². The number of carbonyl (C=O) groups is 1. The van der Waals surface area contributed by atoms with E-state index in [1.54, 1.807) is 0 Å². The second-order valence-electron chi connectivity index (χ2n) is 5.43. The van der Waals surface area contributed by atoms with E-state index in [2.05, 4.69) is 52.9 Å². The summed E-state index contributed by atoms with van der Waals surface area (Å²) in [6, 6.07) is 6.19. The molecule has 5 nitrogen and oxygen atoms in total. The SMILES string of the molecule is Cc1cc(C)cc(-c2nnc(NC(=O)C3CCCN3)s2)c1. The molecule has 1 saturated heterocycles. The van der Waals surface area contributed by atoms with Gasteiger partial charge in [-0.25, -0.2) is 0 Å². The number of nitrogens with zero attached hydrogens (tertiary/aromatic N) is 2. The van der Waals surface area contributed by atoms with Crippen molar-refractivity contribution in [2.24, 2.45) is 0 Å². The molecule has 2 aromatic rings. The van der Waals surface area contributed by atoms with Crippen molar-refractivity contribution in [3.8, 4) is 10.6 Å². The molecule has 6 heteroatoms. The number of aromatic nitrogens is 2. The fourth-order valence-electron chi connectivity index (χ4n) is 2.59. The first-order valence-electron chi connectivity index (χ1n) is 7.08. The van der Waals surface area contributed by atoms with Gasteiger partial charge in [-0.3, -0.25) is 10.1 Å². The molecule has 1 unspecified atom stereocenters. The number of anilines is 1. The molecule has 0 aliphatic carbocycles. The molecule has 0 saturated carbocycles. The lowest BCUT2D eigenvalue weighted by atomic mass is 10.1. The van der Waals surface area contributed by atoms with Gasteiger partial charge in [-0.1, -0.05) is 28.5 Å². The zero-order valence-electron chi connectivity index (χ0n) is 12.1. The highest BCUT2D eigenvalue weighted by Gasteiger charge is 2.23. The van der Waals surface area contributed by atoms with Crippen LogP contribution in [0.3, 0.4) is 0 Å². The Kier molecular flexibility index (Phi) is 3.98. The smallest absolute Gasteiger partial charge is 0.243 e. The van der Waals surface area contributed by atoms with Gasteiger partial charge in [0.25, 0.3) is 0 Å². The number of nitrogens with one attached hydrogen (secondary N) is 2. The van der Waals surface area contributed by atoms with Gasteiger partial charge in [0.1, 0.15) is 5.01 Å². The highest BCUT2D eigenvalue weighted by atomic mass is 32.1. The van der Waals surface area contributed by atoms with Crippen LogP contribution in [0.2, 0.25) is 0 Å². The zero-order chi connectivity index (χ0) is 14.8. The Morgan fingerprint density at radius 3 is 2.71 bits per heavy atom. The average Bonchev–Trinajstić information content (AvgIpc) is 3.08. The number of hydrogen-bond donors (Lipinski definition) is 2. The second-order valence-corrected chi connectivity index (χ2v) is 6.40. The van der Waals surface area contributed by atoms with Crippen LogP contribution in [-0.2, 0) is 4.79 Å². The van der Waals surface area contributed by atoms with E-state index in [1.807, 2.05) is 0 Å². The van der Waals surface area contributed by atoms with Crippen molar-refractivity contribution < 1.29 is 4.79 Å². The summed E-state index contributed by atoms with van der Waals surface area (Å²) >= 11 is 1.41. The van der Waals surface area contributed by atoms with Crippen LogP contribution in [0.5, 0.6) is 0 Å². The van der Waals surface area contributed by atoms with Crippen LogP contribution in [0, 0.1) is 13.8 Å². The summed E-state index contributed by atoms with van der Waals surface area (Å²) in [7, 11) is 0. The van der Waals surface area contributed by atoms with Crippen LogP contribution in [0.15, 0.2) is 18.2 Å². The first-order valence-corrected chi connectivity index (χ1v) is 7.90. The quantitative estimate of drug-likeness (QED) is 0.914. The maximum Gasteiger partial charge on any atom is 0.243 e. The van der Waals surface area contributed by atoms with Gasteiger partial charge in [0.15, 0.2) is 0 Å². The molecule has 2 N–H and O–H groups in total. The van der Waals surface area contributed by atoms with E-state index in [0.717, 1.165) is 30.0 Å². The molecule has 1 aromatic heterocycles. The van der Waals surface area contributed by atoms with Crippen LogP contribution >= 0.6 is 11.3 Å². The number of amides is 1. The Morgan fingerprint density at radius 1 is 1.29 bits per heavy atom. The van der Waals surface area contributed by atoms with Crippen LogP contribution in [0.1, 0.15) is 24.0 Å². The van der Waals surface area contributed by atoms with E-state index in [-0.39, 0.29) is 11.9 Å². The largest absolute Gasteiger partial charge is 0.306 e. The Bertz CT molecular complexity index is 641. The fourth-order valence-corrected chi connectivity index (χ4v) is 3.32. The third-order valence-corrected chi connectivity index (χ3v) is 4.39. The number of rotatable bonds is 3. The lowest BCUT2D eigenvalue weighted by molar-refractivity contribution is -0.117.